The number of aromatic nitrogens is 4. The Bertz CT molecular complexity index is 625. The van der Waals surface area contributed by atoms with Gasteiger partial charge >= 0.3 is 0 Å². The van der Waals surface area contributed by atoms with E-state index in [0.29, 0.717) is 12.5 Å². The second kappa shape index (κ2) is 5.95. The van der Waals surface area contributed by atoms with Crippen LogP contribution in [0, 0.1) is 5.92 Å². The van der Waals surface area contributed by atoms with Gasteiger partial charge in [0.2, 0.25) is 0 Å². The van der Waals surface area contributed by atoms with Gasteiger partial charge in [-0.25, -0.2) is 9.97 Å². The van der Waals surface area contributed by atoms with Crippen LogP contribution in [0.2, 0.25) is 0 Å². The first kappa shape index (κ1) is 14.2. The zero-order chi connectivity index (χ0) is 14.8. The standard InChI is InChI=1S/C14H22N6O/c1-15-13-11-6-16-19(2)14(11)18-12(17-13)8-20-5-3-4-10(7-20)9-21/h6,10,21H,3-5,7-9H2,1-2H3,(H,15,17,18). The first-order valence-electron chi connectivity index (χ1n) is 7.41. The minimum atomic E-state index is 0.264. The van der Waals surface area contributed by atoms with Crippen LogP contribution in [0.25, 0.3) is 11.0 Å². The van der Waals surface area contributed by atoms with Gasteiger partial charge < -0.3 is 10.4 Å². The molecule has 7 heteroatoms. The van der Waals surface area contributed by atoms with Crippen LogP contribution in [0.4, 0.5) is 5.82 Å². The molecule has 1 aliphatic rings. The molecule has 3 rings (SSSR count). The molecule has 114 valence electrons. The van der Waals surface area contributed by atoms with E-state index in [2.05, 4.69) is 25.3 Å². The van der Waals surface area contributed by atoms with Crippen LogP contribution in [0.15, 0.2) is 6.20 Å². The van der Waals surface area contributed by atoms with Crippen molar-refractivity contribution in [2.45, 2.75) is 19.4 Å². The highest BCUT2D eigenvalue weighted by molar-refractivity contribution is 5.86. The fraction of sp³-hybridized carbons (Fsp3) is 0.643. The summed E-state index contributed by atoms with van der Waals surface area (Å²) in [7, 11) is 3.75. The monoisotopic (exact) mass is 290 g/mol. The topological polar surface area (TPSA) is 79.1 Å². The quantitative estimate of drug-likeness (QED) is 0.859. The van der Waals surface area contributed by atoms with Gasteiger partial charge in [0.15, 0.2) is 5.65 Å². The highest BCUT2D eigenvalue weighted by Gasteiger charge is 2.20. The summed E-state index contributed by atoms with van der Waals surface area (Å²) in [4.78, 5) is 11.6. The third-order valence-corrected chi connectivity index (χ3v) is 4.10. The minimum Gasteiger partial charge on any atom is -0.396 e. The lowest BCUT2D eigenvalue weighted by molar-refractivity contribution is 0.114. The number of nitrogens with one attached hydrogen (secondary N) is 1. The van der Waals surface area contributed by atoms with E-state index in [1.165, 1.54) is 0 Å². The summed E-state index contributed by atoms with van der Waals surface area (Å²) in [5.74, 6) is 2.00. The molecule has 1 aliphatic heterocycles. The van der Waals surface area contributed by atoms with E-state index in [-0.39, 0.29) is 6.61 Å². The molecule has 0 amide bonds. The van der Waals surface area contributed by atoms with Gasteiger partial charge in [0, 0.05) is 27.2 Å². The molecule has 1 atom stereocenters. The number of nitrogens with zero attached hydrogens (tertiary/aromatic N) is 5. The number of hydrogen-bond acceptors (Lipinski definition) is 6. The molecule has 1 unspecified atom stereocenters. The Hall–Kier alpha value is -1.73. The van der Waals surface area contributed by atoms with Crippen LogP contribution in [0.1, 0.15) is 18.7 Å². The Labute approximate surface area is 124 Å². The third kappa shape index (κ3) is 2.84. The number of rotatable bonds is 4. The molecule has 1 fully saturated rings. The minimum absolute atomic E-state index is 0.264. The lowest BCUT2D eigenvalue weighted by Crippen LogP contribution is -2.36. The molecule has 0 saturated carbocycles. The zero-order valence-corrected chi connectivity index (χ0v) is 12.6. The van der Waals surface area contributed by atoms with Crippen LogP contribution in [-0.4, -0.2) is 56.5 Å². The third-order valence-electron chi connectivity index (χ3n) is 4.10. The summed E-state index contributed by atoms with van der Waals surface area (Å²) in [6.07, 6.45) is 4.02. The second-order valence-corrected chi connectivity index (χ2v) is 5.67. The number of fused-ring (bicyclic) bond motifs is 1. The van der Waals surface area contributed by atoms with Crippen molar-refractivity contribution >= 4 is 16.9 Å². The molecule has 2 aromatic heterocycles. The fourth-order valence-corrected chi connectivity index (χ4v) is 2.97. The van der Waals surface area contributed by atoms with Gasteiger partial charge in [0.05, 0.1) is 18.1 Å². The van der Waals surface area contributed by atoms with Gasteiger partial charge in [-0.2, -0.15) is 5.10 Å². The van der Waals surface area contributed by atoms with Gasteiger partial charge in [0.1, 0.15) is 11.6 Å². The van der Waals surface area contributed by atoms with Crippen LogP contribution in [-0.2, 0) is 13.6 Å². The van der Waals surface area contributed by atoms with Crippen molar-refractivity contribution < 1.29 is 5.11 Å². The highest BCUT2D eigenvalue weighted by Crippen LogP contribution is 2.21. The predicted molar refractivity (Wildman–Crippen MR) is 80.9 cm³/mol. The second-order valence-electron chi connectivity index (χ2n) is 5.67. The van der Waals surface area contributed by atoms with Crippen molar-refractivity contribution in [3.05, 3.63) is 12.0 Å². The summed E-state index contributed by atoms with van der Waals surface area (Å²) in [5.41, 5.74) is 0.847. The maximum absolute atomic E-state index is 9.33. The number of hydrogen-bond donors (Lipinski definition) is 2. The predicted octanol–water partition coefficient (Wildman–Crippen LogP) is 0.609. The van der Waals surface area contributed by atoms with E-state index in [1.807, 2.05) is 14.1 Å². The van der Waals surface area contributed by atoms with Crippen LogP contribution >= 0.6 is 0 Å². The lowest BCUT2D eigenvalue weighted by Gasteiger charge is -2.31. The molecule has 2 aromatic rings. The first-order chi connectivity index (χ1) is 10.2. The van der Waals surface area contributed by atoms with E-state index in [0.717, 1.165) is 48.6 Å². The Morgan fingerprint density at radius 2 is 2.29 bits per heavy atom. The molecule has 0 bridgehead atoms. The van der Waals surface area contributed by atoms with Crippen LogP contribution in [0.3, 0.4) is 0 Å². The summed E-state index contributed by atoms with van der Waals surface area (Å²) in [6, 6.07) is 0. The van der Waals surface area contributed by atoms with Crippen molar-refractivity contribution in [1.29, 1.82) is 0 Å². The average Bonchev–Trinajstić information content (AvgIpc) is 2.88. The van der Waals surface area contributed by atoms with Gasteiger partial charge in [-0.05, 0) is 25.3 Å². The van der Waals surface area contributed by atoms with Gasteiger partial charge in [0.25, 0.3) is 0 Å². The first-order valence-corrected chi connectivity index (χ1v) is 7.41. The van der Waals surface area contributed by atoms with E-state index in [1.54, 1.807) is 10.9 Å². The number of aliphatic hydroxyl groups is 1. The molecule has 0 aromatic carbocycles. The average molecular weight is 290 g/mol. The number of likely N-dealkylation sites (tertiary alicyclic amines) is 1. The molecule has 0 spiro atoms. The molecule has 0 aliphatic carbocycles. The molecular weight excluding hydrogens is 268 g/mol. The van der Waals surface area contributed by atoms with Crippen molar-refractivity contribution in [3.8, 4) is 0 Å². The van der Waals surface area contributed by atoms with E-state index >= 15 is 0 Å². The van der Waals surface area contributed by atoms with Gasteiger partial charge in [-0.15, -0.1) is 0 Å². The Kier molecular flexibility index (Phi) is 4.03. The van der Waals surface area contributed by atoms with Gasteiger partial charge in [-0.3, -0.25) is 9.58 Å². The summed E-state index contributed by atoms with van der Waals surface area (Å²) in [6.45, 7) is 2.93. The van der Waals surface area contributed by atoms with Crippen molar-refractivity contribution in [2.75, 3.05) is 32.1 Å². The molecular formula is C14H22N6O. The number of aliphatic hydroxyl groups excluding tert-OH is 1. The van der Waals surface area contributed by atoms with Crippen LogP contribution < -0.4 is 5.32 Å². The molecule has 3 heterocycles. The summed E-state index contributed by atoms with van der Waals surface area (Å²) >= 11 is 0. The van der Waals surface area contributed by atoms with E-state index in [4.69, 9.17) is 0 Å². The molecule has 21 heavy (non-hydrogen) atoms. The van der Waals surface area contributed by atoms with Crippen molar-refractivity contribution in [3.63, 3.8) is 0 Å². The normalized spacial score (nSPS) is 20.0. The summed E-state index contributed by atoms with van der Waals surface area (Å²) in [5, 5.41) is 17.6. The number of aryl methyl sites for hydroxylation is 1. The van der Waals surface area contributed by atoms with Crippen molar-refractivity contribution in [1.82, 2.24) is 24.6 Å². The van der Waals surface area contributed by atoms with Gasteiger partial charge in [-0.1, -0.05) is 0 Å². The number of piperidine rings is 1. The molecule has 7 nitrogen and oxygen atoms in total. The molecule has 0 radical (unpaired) electrons. The largest absolute Gasteiger partial charge is 0.396 e. The maximum atomic E-state index is 9.33. The van der Waals surface area contributed by atoms with E-state index in [9.17, 15) is 5.11 Å². The SMILES string of the molecule is CNc1nc(CN2CCCC(CO)C2)nc2c1cnn2C. The fourth-order valence-electron chi connectivity index (χ4n) is 2.97. The summed E-state index contributed by atoms with van der Waals surface area (Å²) < 4.78 is 1.77. The molecule has 1 saturated heterocycles. The van der Waals surface area contributed by atoms with E-state index < -0.39 is 0 Å². The van der Waals surface area contributed by atoms with Crippen molar-refractivity contribution in [2.24, 2.45) is 13.0 Å². The number of anilines is 1. The smallest absolute Gasteiger partial charge is 0.163 e. The zero-order valence-electron chi connectivity index (χ0n) is 12.6. The highest BCUT2D eigenvalue weighted by atomic mass is 16.3. The van der Waals surface area contributed by atoms with Crippen LogP contribution in [0.5, 0.6) is 0 Å². The Morgan fingerprint density at radius 1 is 1.43 bits per heavy atom. The Balaban J connectivity index is 1.84. The Morgan fingerprint density at radius 3 is 3.05 bits per heavy atom. The lowest BCUT2D eigenvalue weighted by atomic mass is 9.99. The molecule has 2 N–H and O–H groups in total. The maximum Gasteiger partial charge on any atom is 0.163 e.